The third kappa shape index (κ3) is 7.54. The smallest absolute Gasteiger partial charge is 0.249 e. The Bertz CT molecular complexity index is 886. The summed E-state index contributed by atoms with van der Waals surface area (Å²) in [5.41, 5.74) is 2.98. The van der Waals surface area contributed by atoms with E-state index >= 15 is 0 Å². The highest BCUT2D eigenvalue weighted by atomic mass is 19.1. The molecule has 2 N–H and O–H groups in total. The lowest BCUT2D eigenvalue weighted by Crippen LogP contribution is -2.24. The molecule has 0 unspecified atom stereocenters. The number of hydrazone groups is 1. The summed E-state index contributed by atoms with van der Waals surface area (Å²) >= 11 is 0. The summed E-state index contributed by atoms with van der Waals surface area (Å²) < 4.78 is 24.8. The molecule has 2 aromatic carbocycles. The summed E-state index contributed by atoms with van der Waals surface area (Å²) in [5, 5.41) is 6.19. The molecule has 0 aliphatic heterocycles. The molecule has 0 aromatic heterocycles. The van der Waals surface area contributed by atoms with Gasteiger partial charge in [-0.15, -0.1) is 0 Å². The van der Waals surface area contributed by atoms with E-state index in [0.717, 1.165) is 12.8 Å². The molecule has 2 rings (SSSR count). The lowest BCUT2D eigenvalue weighted by molar-refractivity contribution is -0.126. The SMILES string of the molecule is CCCCOc1ccc(C=NNC(=O)CC(=O)Nc2ccccc2F)cc1OCC. The van der Waals surface area contributed by atoms with Crippen LogP contribution < -0.4 is 20.2 Å². The average molecular weight is 415 g/mol. The van der Waals surface area contributed by atoms with Crippen molar-refractivity contribution in [3.05, 3.63) is 53.8 Å². The van der Waals surface area contributed by atoms with Gasteiger partial charge in [0.15, 0.2) is 11.5 Å². The molecule has 2 amide bonds. The van der Waals surface area contributed by atoms with E-state index in [1.807, 2.05) is 6.92 Å². The van der Waals surface area contributed by atoms with Gasteiger partial charge in [-0.25, -0.2) is 9.82 Å². The van der Waals surface area contributed by atoms with Crippen molar-refractivity contribution in [2.24, 2.45) is 5.10 Å². The van der Waals surface area contributed by atoms with Crippen molar-refractivity contribution < 1.29 is 23.5 Å². The van der Waals surface area contributed by atoms with Crippen molar-refractivity contribution in [3.8, 4) is 11.5 Å². The van der Waals surface area contributed by atoms with Gasteiger partial charge in [-0.3, -0.25) is 9.59 Å². The maximum atomic E-state index is 13.5. The second-order valence-corrected chi connectivity index (χ2v) is 6.34. The minimum atomic E-state index is -0.639. The Labute approximate surface area is 175 Å². The van der Waals surface area contributed by atoms with Gasteiger partial charge in [0.05, 0.1) is 25.1 Å². The van der Waals surface area contributed by atoms with E-state index < -0.39 is 24.1 Å². The number of hydrogen-bond acceptors (Lipinski definition) is 5. The van der Waals surface area contributed by atoms with Crippen LogP contribution in [-0.2, 0) is 9.59 Å². The summed E-state index contributed by atoms with van der Waals surface area (Å²) in [4.78, 5) is 23.7. The zero-order valence-corrected chi connectivity index (χ0v) is 17.1. The van der Waals surface area contributed by atoms with Gasteiger partial charge in [-0.05, 0) is 49.2 Å². The van der Waals surface area contributed by atoms with Crippen LogP contribution in [0.2, 0.25) is 0 Å². The molecule has 0 spiro atoms. The van der Waals surface area contributed by atoms with Crippen LogP contribution in [0.3, 0.4) is 0 Å². The number of benzene rings is 2. The van der Waals surface area contributed by atoms with Gasteiger partial charge in [0.2, 0.25) is 11.8 Å². The van der Waals surface area contributed by atoms with E-state index in [0.29, 0.717) is 30.3 Å². The van der Waals surface area contributed by atoms with Crippen LogP contribution in [-0.4, -0.2) is 31.2 Å². The fraction of sp³-hybridized carbons (Fsp3) is 0.318. The maximum absolute atomic E-state index is 13.5. The summed E-state index contributed by atoms with van der Waals surface area (Å²) in [6.07, 6.45) is 2.93. The van der Waals surface area contributed by atoms with E-state index in [9.17, 15) is 14.0 Å². The zero-order valence-electron chi connectivity index (χ0n) is 17.1. The number of hydrogen-bond donors (Lipinski definition) is 2. The molecule has 7 nitrogen and oxygen atoms in total. The van der Waals surface area contributed by atoms with Gasteiger partial charge in [0.1, 0.15) is 12.2 Å². The molecule has 0 atom stereocenters. The predicted molar refractivity (Wildman–Crippen MR) is 113 cm³/mol. The Kier molecular flexibility index (Phi) is 9.30. The molecule has 0 heterocycles. The van der Waals surface area contributed by atoms with Crippen LogP contribution in [0.15, 0.2) is 47.6 Å². The summed E-state index contributed by atoms with van der Waals surface area (Å²) in [6, 6.07) is 11.0. The third-order valence-corrected chi connectivity index (χ3v) is 3.89. The predicted octanol–water partition coefficient (Wildman–Crippen LogP) is 3.88. The van der Waals surface area contributed by atoms with Crippen molar-refractivity contribution in [1.29, 1.82) is 0 Å². The van der Waals surface area contributed by atoms with E-state index in [-0.39, 0.29) is 5.69 Å². The Morgan fingerprint density at radius 2 is 1.87 bits per heavy atom. The normalized spacial score (nSPS) is 10.6. The van der Waals surface area contributed by atoms with E-state index in [2.05, 4.69) is 22.8 Å². The fourth-order valence-electron chi connectivity index (χ4n) is 2.44. The van der Waals surface area contributed by atoms with Crippen molar-refractivity contribution in [2.75, 3.05) is 18.5 Å². The zero-order chi connectivity index (χ0) is 21.8. The number of carbonyl (C=O) groups is 2. The molecular formula is C22H26FN3O4. The molecule has 0 aliphatic carbocycles. The van der Waals surface area contributed by atoms with Crippen LogP contribution in [0.5, 0.6) is 11.5 Å². The van der Waals surface area contributed by atoms with Gasteiger partial charge in [-0.2, -0.15) is 5.10 Å². The third-order valence-electron chi connectivity index (χ3n) is 3.89. The summed E-state index contributed by atoms with van der Waals surface area (Å²) in [7, 11) is 0. The van der Waals surface area contributed by atoms with Gasteiger partial charge in [0.25, 0.3) is 0 Å². The van der Waals surface area contributed by atoms with Crippen LogP contribution in [0.4, 0.5) is 10.1 Å². The van der Waals surface area contributed by atoms with Crippen molar-refractivity contribution >= 4 is 23.7 Å². The van der Waals surface area contributed by atoms with E-state index in [1.54, 1.807) is 24.3 Å². The topological polar surface area (TPSA) is 89.0 Å². The lowest BCUT2D eigenvalue weighted by Gasteiger charge is -2.12. The first-order chi connectivity index (χ1) is 14.5. The Morgan fingerprint density at radius 3 is 2.60 bits per heavy atom. The number of amides is 2. The quantitative estimate of drug-likeness (QED) is 0.252. The number of rotatable bonds is 11. The van der Waals surface area contributed by atoms with Crippen LogP contribution in [0, 0.1) is 5.82 Å². The lowest BCUT2D eigenvalue weighted by atomic mass is 10.2. The molecule has 0 radical (unpaired) electrons. The average Bonchev–Trinajstić information content (AvgIpc) is 2.71. The second kappa shape index (κ2) is 12.2. The number of nitrogens with zero attached hydrogens (tertiary/aromatic N) is 1. The number of anilines is 1. The highest BCUT2D eigenvalue weighted by Crippen LogP contribution is 2.28. The van der Waals surface area contributed by atoms with Crippen LogP contribution >= 0.6 is 0 Å². The van der Waals surface area contributed by atoms with Crippen molar-refractivity contribution in [2.45, 2.75) is 33.1 Å². The number of unbranched alkanes of at least 4 members (excludes halogenated alkanes) is 1. The Morgan fingerprint density at radius 1 is 1.07 bits per heavy atom. The molecule has 0 saturated heterocycles. The summed E-state index contributed by atoms with van der Waals surface area (Å²) in [6.45, 7) is 5.06. The first-order valence-corrected chi connectivity index (χ1v) is 9.79. The van der Waals surface area contributed by atoms with Gasteiger partial charge in [-0.1, -0.05) is 25.5 Å². The molecular weight excluding hydrogens is 389 g/mol. The first-order valence-electron chi connectivity index (χ1n) is 9.79. The molecule has 0 aliphatic rings. The van der Waals surface area contributed by atoms with Gasteiger partial charge in [0, 0.05) is 0 Å². The molecule has 2 aromatic rings. The van der Waals surface area contributed by atoms with Crippen molar-refractivity contribution in [3.63, 3.8) is 0 Å². The molecule has 0 fully saturated rings. The van der Waals surface area contributed by atoms with Crippen molar-refractivity contribution in [1.82, 2.24) is 5.43 Å². The molecule has 160 valence electrons. The van der Waals surface area contributed by atoms with Gasteiger partial charge >= 0.3 is 0 Å². The van der Waals surface area contributed by atoms with Gasteiger partial charge < -0.3 is 14.8 Å². The highest BCUT2D eigenvalue weighted by molar-refractivity contribution is 6.03. The maximum Gasteiger partial charge on any atom is 0.249 e. The van der Waals surface area contributed by atoms with Crippen LogP contribution in [0.25, 0.3) is 0 Å². The minimum Gasteiger partial charge on any atom is -0.490 e. The highest BCUT2D eigenvalue weighted by Gasteiger charge is 2.11. The monoisotopic (exact) mass is 415 g/mol. The number of nitrogens with one attached hydrogen (secondary N) is 2. The number of carbonyl (C=O) groups excluding carboxylic acids is 2. The Hall–Kier alpha value is -3.42. The van der Waals surface area contributed by atoms with Crippen LogP contribution in [0.1, 0.15) is 38.7 Å². The molecule has 30 heavy (non-hydrogen) atoms. The largest absolute Gasteiger partial charge is 0.490 e. The number of halogens is 1. The fourth-order valence-corrected chi connectivity index (χ4v) is 2.44. The second-order valence-electron chi connectivity index (χ2n) is 6.34. The Balaban J connectivity index is 1.88. The van der Waals surface area contributed by atoms with E-state index in [4.69, 9.17) is 9.47 Å². The summed E-state index contributed by atoms with van der Waals surface area (Å²) in [5.74, 6) is -0.592. The molecule has 0 saturated carbocycles. The number of ether oxygens (including phenoxy) is 2. The molecule has 0 bridgehead atoms. The molecule has 8 heteroatoms. The number of para-hydroxylation sites is 1. The first kappa shape index (κ1) is 22.9. The standard InChI is InChI=1S/C22H26FN3O4/c1-3-5-12-30-19-11-10-16(13-20(19)29-4-2)15-24-26-22(28)14-21(27)25-18-9-7-6-8-17(18)23/h6-11,13,15H,3-5,12,14H2,1-2H3,(H,25,27)(H,26,28). The van der Waals surface area contributed by atoms with E-state index in [1.165, 1.54) is 24.4 Å². The minimum absolute atomic E-state index is 0.0171.